The van der Waals surface area contributed by atoms with E-state index in [1.165, 1.54) is 0 Å². The van der Waals surface area contributed by atoms with Crippen molar-refractivity contribution in [3.8, 4) is 0 Å². The molecule has 0 saturated heterocycles. The Morgan fingerprint density at radius 2 is 1.51 bits per heavy atom. The van der Waals surface area contributed by atoms with Crippen molar-refractivity contribution in [1.29, 1.82) is 0 Å². The molecular formula is C34H50N4O5. The minimum absolute atomic E-state index is 0.0419. The zero-order valence-corrected chi connectivity index (χ0v) is 27.2. The van der Waals surface area contributed by atoms with E-state index >= 15 is 0 Å². The van der Waals surface area contributed by atoms with Gasteiger partial charge in [0.15, 0.2) is 0 Å². The Morgan fingerprint density at radius 1 is 0.907 bits per heavy atom. The van der Waals surface area contributed by atoms with E-state index in [9.17, 15) is 19.2 Å². The first-order valence-corrected chi connectivity index (χ1v) is 15.0. The molecule has 9 heteroatoms. The van der Waals surface area contributed by atoms with Crippen LogP contribution in [0.4, 0.5) is 10.5 Å². The molecule has 0 aliphatic rings. The first-order valence-electron chi connectivity index (χ1n) is 15.0. The van der Waals surface area contributed by atoms with Crippen LogP contribution in [0.1, 0.15) is 95.5 Å². The topological polar surface area (TPSA) is 131 Å². The number of carbonyl (C=O) groups is 4. The zero-order valence-electron chi connectivity index (χ0n) is 27.2. The first-order chi connectivity index (χ1) is 20.0. The van der Waals surface area contributed by atoms with Gasteiger partial charge in [0.05, 0.1) is 0 Å². The Balaban J connectivity index is 2.70. The maximum atomic E-state index is 14.6. The molecule has 2 rings (SSSR count). The van der Waals surface area contributed by atoms with Crippen LogP contribution in [0.15, 0.2) is 42.5 Å². The highest BCUT2D eigenvalue weighted by Crippen LogP contribution is 2.31. The second-order valence-electron chi connectivity index (χ2n) is 12.9. The molecule has 0 fully saturated rings. The molecule has 9 nitrogen and oxygen atoms in total. The zero-order chi connectivity index (χ0) is 32.5. The second kappa shape index (κ2) is 15.5. The molecule has 3 atom stereocenters. The molecule has 4 N–H and O–H groups in total. The van der Waals surface area contributed by atoms with Gasteiger partial charge in [0, 0.05) is 18.2 Å². The third kappa shape index (κ3) is 11.4. The van der Waals surface area contributed by atoms with Crippen molar-refractivity contribution in [1.82, 2.24) is 10.2 Å². The maximum Gasteiger partial charge on any atom is 0.408 e. The molecule has 0 saturated carbocycles. The Hall–Kier alpha value is -3.88. The number of nitrogens with zero attached hydrogens (tertiary/aromatic N) is 1. The lowest BCUT2D eigenvalue weighted by Crippen LogP contribution is -2.55. The van der Waals surface area contributed by atoms with Crippen LogP contribution >= 0.6 is 0 Å². The number of benzene rings is 2. The third-order valence-corrected chi connectivity index (χ3v) is 7.05. The molecule has 2 aromatic rings. The third-order valence-electron chi connectivity index (χ3n) is 7.05. The van der Waals surface area contributed by atoms with E-state index in [1.54, 1.807) is 25.7 Å². The molecule has 0 heterocycles. The number of ether oxygens (including phenoxy) is 1. The molecule has 4 amide bonds. The lowest BCUT2D eigenvalue weighted by atomic mass is 9.94. The van der Waals surface area contributed by atoms with Crippen molar-refractivity contribution in [2.45, 2.75) is 112 Å². The number of aryl methyl sites for hydroxylation is 3. The van der Waals surface area contributed by atoms with Crippen LogP contribution in [-0.4, -0.2) is 46.4 Å². The largest absolute Gasteiger partial charge is 0.444 e. The monoisotopic (exact) mass is 594 g/mol. The van der Waals surface area contributed by atoms with Crippen molar-refractivity contribution >= 4 is 29.5 Å². The van der Waals surface area contributed by atoms with Gasteiger partial charge in [-0.25, -0.2) is 4.79 Å². The van der Waals surface area contributed by atoms with Crippen LogP contribution in [0.2, 0.25) is 0 Å². The van der Waals surface area contributed by atoms with E-state index in [0.29, 0.717) is 23.6 Å². The molecule has 3 unspecified atom stereocenters. The Labute approximate surface area is 256 Å². The van der Waals surface area contributed by atoms with Gasteiger partial charge in [0.1, 0.15) is 17.7 Å². The first kappa shape index (κ1) is 35.3. The Bertz CT molecular complexity index is 1260. The molecule has 0 aliphatic carbocycles. The molecule has 0 radical (unpaired) electrons. The second-order valence-corrected chi connectivity index (χ2v) is 12.9. The maximum absolute atomic E-state index is 14.6. The number of para-hydroxylation sites is 1. The van der Waals surface area contributed by atoms with E-state index in [4.69, 9.17) is 10.5 Å². The van der Waals surface area contributed by atoms with Crippen molar-refractivity contribution in [3.63, 3.8) is 0 Å². The number of nitrogens with one attached hydrogen (secondary N) is 2. The highest BCUT2D eigenvalue weighted by molar-refractivity contribution is 5.99. The molecular weight excluding hydrogens is 544 g/mol. The van der Waals surface area contributed by atoms with Crippen LogP contribution in [0.25, 0.3) is 0 Å². The van der Waals surface area contributed by atoms with Gasteiger partial charge in [0.25, 0.3) is 5.91 Å². The van der Waals surface area contributed by atoms with Crippen LogP contribution < -0.4 is 16.4 Å². The fourth-order valence-electron chi connectivity index (χ4n) is 5.01. The average molecular weight is 595 g/mol. The molecule has 43 heavy (non-hydrogen) atoms. The Morgan fingerprint density at radius 3 is 2.05 bits per heavy atom. The van der Waals surface area contributed by atoms with E-state index in [1.807, 2.05) is 70.2 Å². The molecule has 0 bridgehead atoms. The van der Waals surface area contributed by atoms with Crippen molar-refractivity contribution in [3.05, 3.63) is 64.7 Å². The van der Waals surface area contributed by atoms with Gasteiger partial charge < -0.3 is 26.0 Å². The summed E-state index contributed by atoms with van der Waals surface area (Å²) < 4.78 is 5.44. The van der Waals surface area contributed by atoms with Crippen LogP contribution in [0.5, 0.6) is 0 Å². The number of primary amides is 1. The smallest absolute Gasteiger partial charge is 0.408 e. The lowest BCUT2D eigenvalue weighted by molar-refractivity contribution is -0.143. The normalized spacial score (nSPS) is 13.5. The minimum Gasteiger partial charge on any atom is -0.444 e. The average Bonchev–Trinajstić information content (AvgIpc) is 2.87. The number of rotatable bonds is 13. The predicted molar refractivity (Wildman–Crippen MR) is 170 cm³/mol. The summed E-state index contributed by atoms with van der Waals surface area (Å²) in [7, 11) is 0. The molecule has 0 aliphatic heterocycles. The van der Waals surface area contributed by atoms with Gasteiger partial charge in [-0.05, 0) is 90.8 Å². The number of amides is 4. The van der Waals surface area contributed by atoms with Gasteiger partial charge in [-0.1, -0.05) is 61.4 Å². The Kier molecular flexibility index (Phi) is 12.8. The van der Waals surface area contributed by atoms with E-state index < -0.39 is 35.6 Å². The highest BCUT2D eigenvalue weighted by Gasteiger charge is 2.39. The number of anilines is 1. The van der Waals surface area contributed by atoms with Crippen LogP contribution in [-0.2, 0) is 19.1 Å². The number of nitrogens with two attached hydrogens (primary N) is 1. The van der Waals surface area contributed by atoms with Crippen molar-refractivity contribution < 1.29 is 23.9 Å². The summed E-state index contributed by atoms with van der Waals surface area (Å²) in [6, 6.07) is 10.7. The number of hydrogen-bond donors (Lipinski definition) is 3. The number of alkyl carbamates (subject to hydrolysis) is 1. The van der Waals surface area contributed by atoms with Gasteiger partial charge >= 0.3 is 6.09 Å². The molecule has 0 aromatic heterocycles. The fraction of sp³-hybridized carbons (Fsp3) is 0.529. The van der Waals surface area contributed by atoms with Gasteiger partial charge in [0.2, 0.25) is 11.8 Å². The summed E-state index contributed by atoms with van der Waals surface area (Å²) in [6.07, 6.45) is 0.466. The molecule has 2 aromatic carbocycles. The molecule has 0 spiro atoms. The summed E-state index contributed by atoms with van der Waals surface area (Å²) >= 11 is 0. The van der Waals surface area contributed by atoms with Gasteiger partial charge in [-0.3, -0.25) is 14.4 Å². The quantitative estimate of drug-likeness (QED) is 0.258. The van der Waals surface area contributed by atoms with E-state index in [2.05, 4.69) is 24.5 Å². The minimum atomic E-state index is -1.15. The summed E-state index contributed by atoms with van der Waals surface area (Å²) in [5.41, 5.74) is 8.71. The number of carbonyl (C=O) groups excluding carboxylic acids is 4. The SMILES string of the molecule is Cc1cc(C)cc(C(C(=O)Nc2ccccc2C)N(C(=O)C(CCC(N)=O)NC(=O)OC(C)(C)C)C(C)CCC(C)C)c1. The summed E-state index contributed by atoms with van der Waals surface area (Å²) in [4.78, 5) is 55.1. The molecule has 236 valence electrons. The summed E-state index contributed by atoms with van der Waals surface area (Å²) in [5.74, 6) is -1.11. The van der Waals surface area contributed by atoms with Crippen molar-refractivity contribution in [2.75, 3.05) is 5.32 Å². The number of hydrogen-bond acceptors (Lipinski definition) is 5. The van der Waals surface area contributed by atoms with Crippen LogP contribution in [0, 0.1) is 26.7 Å². The van der Waals surface area contributed by atoms with E-state index in [0.717, 1.165) is 23.1 Å². The van der Waals surface area contributed by atoms with Crippen molar-refractivity contribution in [2.24, 2.45) is 11.7 Å². The van der Waals surface area contributed by atoms with Gasteiger partial charge in [-0.15, -0.1) is 0 Å². The predicted octanol–water partition coefficient (Wildman–Crippen LogP) is 6.10. The highest BCUT2D eigenvalue weighted by atomic mass is 16.6. The van der Waals surface area contributed by atoms with Gasteiger partial charge in [-0.2, -0.15) is 0 Å². The summed E-state index contributed by atoms with van der Waals surface area (Å²) in [6.45, 7) is 17.1. The van der Waals surface area contributed by atoms with E-state index in [-0.39, 0.29) is 24.8 Å². The summed E-state index contributed by atoms with van der Waals surface area (Å²) in [5, 5.41) is 5.71. The standard InChI is InChI=1S/C34H50N4O5/c1-21(2)14-15-25(6)38(32(41)28(16-17-29(35)39)37-33(42)43-34(7,8)9)30(26-19-22(3)18-23(4)20-26)31(40)36-27-13-11-10-12-24(27)5/h10-13,18-21,25,28,30H,14-17H2,1-9H3,(H2,35,39)(H,36,40)(H,37,42). The van der Waals surface area contributed by atoms with Crippen LogP contribution in [0.3, 0.4) is 0 Å². The fourth-order valence-corrected chi connectivity index (χ4v) is 5.01. The lowest BCUT2D eigenvalue weighted by Gasteiger charge is -2.39.